The minimum atomic E-state index is -0.102. The molecule has 1 aromatic rings. The number of nitrogens with zero attached hydrogens (tertiary/aromatic N) is 2. The highest BCUT2D eigenvalue weighted by Crippen LogP contribution is 2.36. The van der Waals surface area contributed by atoms with Crippen molar-refractivity contribution in [3.63, 3.8) is 0 Å². The molecule has 1 N–H and O–H groups in total. The van der Waals surface area contributed by atoms with Crippen LogP contribution in [0.25, 0.3) is 0 Å². The second-order valence-electron chi connectivity index (χ2n) is 6.29. The zero-order valence-corrected chi connectivity index (χ0v) is 12.3. The third kappa shape index (κ3) is 2.73. The summed E-state index contributed by atoms with van der Waals surface area (Å²) in [5.74, 6) is 1.25. The number of aromatic nitrogens is 1. The summed E-state index contributed by atoms with van der Waals surface area (Å²) in [7, 11) is 0. The molecule has 2 fully saturated rings. The molecule has 1 aliphatic heterocycles. The van der Waals surface area contributed by atoms with Gasteiger partial charge in [0.05, 0.1) is 0 Å². The van der Waals surface area contributed by atoms with Gasteiger partial charge in [0.25, 0.3) is 5.91 Å². The standard InChI is InChI=1S/C15H23N3O2/c1-10(2)18-7-6-12(9-18)16-15(19)13-8-14(20-17-13)11-4-3-5-11/h8,10-12H,3-7,9H2,1-2H3,(H,16,19). The average Bonchev–Trinajstić information content (AvgIpc) is 2.95. The van der Waals surface area contributed by atoms with Gasteiger partial charge in [0.2, 0.25) is 0 Å². The molecule has 2 aliphatic rings. The van der Waals surface area contributed by atoms with Crippen LogP contribution in [-0.4, -0.2) is 41.1 Å². The normalized spacial score (nSPS) is 24.1. The van der Waals surface area contributed by atoms with E-state index in [9.17, 15) is 4.79 Å². The molecule has 5 nitrogen and oxygen atoms in total. The molecule has 3 rings (SSSR count). The molecule has 110 valence electrons. The smallest absolute Gasteiger partial charge is 0.273 e. The lowest BCUT2D eigenvalue weighted by Crippen LogP contribution is -2.38. The van der Waals surface area contributed by atoms with Crippen LogP contribution in [0.15, 0.2) is 10.6 Å². The fraction of sp³-hybridized carbons (Fsp3) is 0.733. The molecule has 20 heavy (non-hydrogen) atoms. The molecule has 1 aliphatic carbocycles. The molecule has 0 radical (unpaired) electrons. The van der Waals surface area contributed by atoms with Crippen molar-refractivity contribution in [1.29, 1.82) is 0 Å². The van der Waals surface area contributed by atoms with E-state index >= 15 is 0 Å². The Hall–Kier alpha value is -1.36. The Labute approximate surface area is 119 Å². The maximum absolute atomic E-state index is 12.2. The van der Waals surface area contributed by atoms with Crippen molar-refractivity contribution >= 4 is 5.91 Å². The highest BCUT2D eigenvalue weighted by atomic mass is 16.5. The SMILES string of the molecule is CC(C)N1CCC(NC(=O)c2cc(C3CCC3)on2)C1. The van der Waals surface area contributed by atoms with Gasteiger partial charge in [-0.2, -0.15) is 0 Å². The number of carbonyl (C=O) groups excluding carboxylic acids is 1. The lowest BCUT2D eigenvalue weighted by atomic mass is 9.83. The Morgan fingerprint density at radius 2 is 2.25 bits per heavy atom. The first kappa shape index (κ1) is 13.6. The van der Waals surface area contributed by atoms with Crippen molar-refractivity contribution in [3.05, 3.63) is 17.5 Å². The number of rotatable bonds is 4. The Kier molecular flexibility index (Phi) is 3.78. The monoisotopic (exact) mass is 277 g/mol. The Morgan fingerprint density at radius 3 is 2.85 bits per heavy atom. The summed E-state index contributed by atoms with van der Waals surface area (Å²) >= 11 is 0. The van der Waals surface area contributed by atoms with Crippen molar-refractivity contribution in [3.8, 4) is 0 Å². The number of carbonyl (C=O) groups is 1. The largest absolute Gasteiger partial charge is 0.360 e. The molecule has 1 aromatic heterocycles. The van der Waals surface area contributed by atoms with Crippen LogP contribution in [0.1, 0.15) is 61.7 Å². The van der Waals surface area contributed by atoms with E-state index in [1.165, 1.54) is 6.42 Å². The van der Waals surface area contributed by atoms with E-state index in [0.29, 0.717) is 17.7 Å². The predicted molar refractivity (Wildman–Crippen MR) is 75.7 cm³/mol. The molecule has 1 saturated carbocycles. The molecule has 5 heteroatoms. The minimum absolute atomic E-state index is 0.102. The van der Waals surface area contributed by atoms with Crippen LogP contribution in [0.5, 0.6) is 0 Å². The fourth-order valence-electron chi connectivity index (χ4n) is 2.91. The van der Waals surface area contributed by atoms with Crippen molar-refractivity contribution in [2.45, 2.75) is 57.5 Å². The maximum Gasteiger partial charge on any atom is 0.273 e. The zero-order valence-electron chi connectivity index (χ0n) is 12.3. The first-order valence-corrected chi connectivity index (χ1v) is 7.65. The van der Waals surface area contributed by atoms with Gasteiger partial charge in [-0.15, -0.1) is 0 Å². The molecular formula is C15H23N3O2. The van der Waals surface area contributed by atoms with Gasteiger partial charge in [0, 0.05) is 37.2 Å². The van der Waals surface area contributed by atoms with Crippen LogP contribution >= 0.6 is 0 Å². The Balaban J connectivity index is 1.55. The predicted octanol–water partition coefficient (Wildman–Crippen LogP) is 2.15. The molecule has 1 amide bonds. The highest BCUT2D eigenvalue weighted by molar-refractivity contribution is 5.92. The van der Waals surface area contributed by atoms with Gasteiger partial charge in [-0.3, -0.25) is 9.69 Å². The van der Waals surface area contributed by atoms with E-state index in [1.807, 2.05) is 6.07 Å². The van der Waals surface area contributed by atoms with Gasteiger partial charge in [0.1, 0.15) is 5.76 Å². The molecule has 0 spiro atoms. The zero-order chi connectivity index (χ0) is 14.1. The molecular weight excluding hydrogens is 254 g/mol. The summed E-state index contributed by atoms with van der Waals surface area (Å²) in [4.78, 5) is 14.5. The van der Waals surface area contributed by atoms with Crippen LogP contribution < -0.4 is 5.32 Å². The summed E-state index contributed by atoms with van der Waals surface area (Å²) in [6, 6.07) is 2.58. The van der Waals surface area contributed by atoms with E-state index in [0.717, 1.165) is 38.1 Å². The molecule has 0 bridgehead atoms. The Morgan fingerprint density at radius 1 is 1.45 bits per heavy atom. The lowest BCUT2D eigenvalue weighted by Gasteiger charge is -2.21. The quantitative estimate of drug-likeness (QED) is 0.916. The van der Waals surface area contributed by atoms with Gasteiger partial charge in [-0.1, -0.05) is 11.6 Å². The van der Waals surface area contributed by atoms with Gasteiger partial charge in [0.15, 0.2) is 5.69 Å². The second kappa shape index (κ2) is 5.56. The van der Waals surface area contributed by atoms with E-state index in [-0.39, 0.29) is 11.9 Å². The summed E-state index contributed by atoms with van der Waals surface area (Å²) in [5.41, 5.74) is 0.426. The molecule has 0 aromatic carbocycles. The van der Waals surface area contributed by atoms with Crippen LogP contribution in [-0.2, 0) is 0 Å². The summed E-state index contributed by atoms with van der Waals surface area (Å²) < 4.78 is 5.29. The second-order valence-corrected chi connectivity index (χ2v) is 6.29. The topological polar surface area (TPSA) is 58.4 Å². The van der Waals surface area contributed by atoms with Crippen LogP contribution in [0.3, 0.4) is 0 Å². The molecule has 2 heterocycles. The van der Waals surface area contributed by atoms with E-state index in [4.69, 9.17) is 4.52 Å². The van der Waals surface area contributed by atoms with Gasteiger partial charge in [-0.25, -0.2) is 0 Å². The molecule has 1 unspecified atom stereocenters. The molecule has 1 atom stereocenters. The van der Waals surface area contributed by atoms with Crippen LogP contribution in [0, 0.1) is 0 Å². The number of hydrogen-bond acceptors (Lipinski definition) is 4. The number of hydrogen-bond donors (Lipinski definition) is 1. The van der Waals surface area contributed by atoms with Crippen molar-refractivity contribution in [2.24, 2.45) is 0 Å². The number of likely N-dealkylation sites (tertiary alicyclic amines) is 1. The van der Waals surface area contributed by atoms with E-state index in [2.05, 4.69) is 29.2 Å². The van der Waals surface area contributed by atoms with Crippen molar-refractivity contribution in [2.75, 3.05) is 13.1 Å². The fourth-order valence-corrected chi connectivity index (χ4v) is 2.91. The minimum Gasteiger partial charge on any atom is -0.360 e. The van der Waals surface area contributed by atoms with Crippen molar-refractivity contribution in [1.82, 2.24) is 15.4 Å². The number of amides is 1. The Bertz CT molecular complexity index is 479. The van der Waals surface area contributed by atoms with Gasteiger partial charge in [-0.05, 0) is 33.1 Å². The third-order valence-corrected chi connectivity index (χ3v) is 4.55. The van der Waals surface area contributed by atoms with Crippen LogP contribution in [0.4, 0.5) is 0 Å². The third-order valence-electron chi connectivity index (χ3n) is 4.55. The van der Waals surface area contributed by atoms with Gasteiger partial charge >= 0.3 is 0 Å². The van der Waals surface area contributed by atoms with E-state index < -0.39 is 0 Å². The van der Waals surface area contributed by atoms with E-state index in [1.54, 1.807) is 0 Å². The summed E-state index contributed by atoms with van der Waals surface area (Å²) in [6.45, 7) is 6.35. The maximum atomic E-state index is 12.2. The van der Waals surface area contributed by atoms with Gasteiger partial charge < -0.3 is 9.84 Å². The first-order valence-electron chi connectivity index (χ1n) is 7.65. The highest BCUT2D eigenvalue weighted by Gasteiger charge is 2.28. The molecule has 1 saturated heterocycles. The van der Waals surface area contributed by atoms with Crippen LogP contribution in [0.2, 0.25) is 0 Å². The average molecular weight is 277 g/mol. The summed E-state index contributed by atoms with van der Waals surface area (Å²) in [6.07, 6.45) is 4.57. The first-order chi connectivity index (χ1) is 9.63. The number of nitrogens with one attached hydrogen (secondary N) is 1. The lowest BCUT2D eigenvalue weighted by molar-refractivity contribution is 0.0927. The summed E-state index contributed by atoms with van der Waals surface area (Å²) in [5, 5.41) is 6.98. The van der Waals surface area contributed by atoms with Crippen molar-refractivity contribution < 1.29 is 9.32 Å².